The molecule has 0 aliphatic carbocycles. The summed E-state index contributed by atoms with van der Waals surface area (Å²) in [6, 6.07) is 0. The molecule has 0 amide bonds. The molecule has 4 heteroatoms. The number of hydrogen-bond donors (Lipinski definition) is 1. The summed E-state index contributed by atoms with van der Waals surface area (Å²) in [4.78, 5) is 10.7. The van der Waals surface area contributed by atoms with Gasteiger partial charge in [-0.05, 0) is 14.0 Å². The van der Waals surface area contributed by atoms with Crippen molar-refractivity contribution in [2.24, 2.45) is 0 Å². The van der Waals surface area contributed by atoms with E-state index < -0.39 is 8.24 Å². The van der Waals surface area contributed by atoms with E-state index in [0.717, 1.165) is 5.70 Å². The number of nitrogens with zero attached hydrogens (tertiary/aromatic N) is 1. The molecule has 0 bridgehead atoms. The third-order valence-electron chi connectivity index (χ3n) is 1.87. The lowest BCUT2D eigenvalue weighted by Gasteiger charge is -2.32. The smallest absolute Gasteiger partial charge is 0.210 e. The Hall–Kier alpha value is -0.223. The van der Waals surface area contributed by atoms with Crippen molar-refractivity contribution in [1.29, 1.82) is 0 Å². The van der Waals surface area contributed by atoms with Gasteiger partial charge in [0.25, 0.3) is 0 Å². The Morgan fingerprint density at radius 3 is 2.08 bits per heavy atom. The van der Waals surface area contributed by atoms with Gasteiger partial charge < -0.3 is 4.57 Å². The van der Waals surface area contributed by atoms with Gasteiger partial charge in [0.05, 0.1) is 0 Å². The molecule has 0 aromatic heterocycles. The predicted molar refractivity (Wildman–Crippen MR) is 58.9 cm³/mol. The molecule has 0 aliphatic rings. The molecule has 0 heterocycles. The summed E-state index contributed by atoms with van der Waals surface area (Å²) in [7, 11) is 0.711. The molecule has 0 N–H and O–H groups in total. The van der Waals surface area contributed by atoms with Crippen LogP contribution in [-0.4, -0.2) is 25.0 Å². The van der Waals surface area contributed by atoms with Crippen molar-refractivity contribution in [2.75, 3.05) is 7.05 Å². The fraction of sp³-hybridized carbons (Fsp3) is 0.625. The third-order valence-corrected chi connectivity index (χ3v) is 4.36. The first-order chi connectivity index (χ1) is 5.25. The van der Waals surface area contributed by atoms with Gasteiger partial charge in [-0.3, -0.25) is 4.79 Å². The van der Waals surface area contributed by atoms with E-state index in [-0.39, 0.29) is 5.12 Å². The SMILES string of the molecule is CC(=CC(=O)S)N(C)[Si](C)(C)C. The second-order valence-corrected chi connectivity index (χ2v) is 9.31. The molecular weight excluding hydrogens is 186 g/mol. The van der Waals surface area contributed by atoms with Gasteiger partial charge in [-0.15, -0.1) is 12.6 Å². The molecule has 0 radical (unpaired) electrons. The Labute approximate surface area is 81.1 Å². The van der Waals surface area contributed by atoms with E-state index in [2.05, 4.69) is 36.8 Å². The number of hydrogen-bond acceptors (Lipinski definition) is 2. The molecule has 0 aliphatic heterocycles. The van der Waals surface area contributed by atoms with E-state index in [9.17, 15) is 4.79 Å². The van der Waals surface area contributed by atoms with Gasteiger partial charge in [-0.25, -0.2) is 0 Å². The summed E-state index contributed by atoms with van der Waals surface area (Å²) in [6.45, 7) is 8.63. The first kappa shape index (κ1) is 11.8. The monoisotopic (exact) mass is 203 g/mol. The summed E-state index contributed by atoms with van der Waals surface area (Å²) >= 11 is 3.70. The van der Waals surface area contributed by atoms with Crippen LogP contribution in [0.3, 0.4) is 0 Å². The molecule has 0 aromatic carbocycles. The number of thiol groups is 1. The van der Waals surface area contributed by atoms with Gasteiger partial charge in [0, 0.05) is 11.8 Å². The maximum absolute atomic E-state index is 10.7. The van der Waals surface area contributed by atoms with Crippen molar-refractivity contribution >= 4 is 26.0 Å². The van der Waals surface area contributed by atoms with Crippen LogP contribution in [0, 0.1) is 0 Å². The fourth-order valence-corrected chi connectivity index (χ4v) is 2.11. The Balaban J connectivity index is 4.50. The van der Waals surface area contributed by atoms with Crippen LogP contribution in [0.5, 0.6) is 0 Å². The molecule has 0 saturated heterocycles. The van der Waals surface area contributed by atoms with Crippen LogP contribution < -0.4 is 0 Å². The molecular formula is C8H17NOSSi. The summed E-state index contributed by atoms with van der Waals surface area (Å²) in [6.07, 6.45) is 1.56. The molecule has 0 saturated carbocycles. The molecule has 2 nitrogen and oxygen atoms in total. The zero-order valence-electron chi connectivity index (χ0n) is 8.38. The molecule has 0 atom stereocenters. The highest BCUT2D eigenvalue weighted by molar-refractivity contribution is 7.97. The van der Waals surface area contributed by atoms with Crippen molar-refractivity contribution in [1.82, 2.24) is 4.57 Å². The van der Waals surface area contributed by atoms with Crippen molar-refractivity contribution < 1.29 is 4.79 Å². The van der Waals surface area contributed by atoms with Gasteiger partial charge in [0.1, 0.15) is 8.24 Å². The minimum Gasteiger partial charge on any atom is -0.404 e. The van der Waals surface area contributed by atoms with Gasteiger partial charge >= 0.3 is 0 Å². The minimum absolute atomic E-state index is 0.183. The average molecular weight is 203 g/mol. The third kappa shape index (κ3) is 3.97. The lowest BCUT2D eigenvalue weighted by Crippen LogP contribution is -2.41. The fourth-order valence-electron chi connectivity index (χ4n) is 0.805. The number of rotatable bonds is 3. The van der Waals surface area contributed by atoms with E-state index in [1.807, 2.05) is 14.0 Å². The summed E-state index contributed by atoms with van der Waals surface area (Å²) in [5.41, 5.74) is 0.995. The Kier molecular flexibility index (Phi) is 4.06. The largest absolute Gasteiger partial charge is 0.404 e. The summed E-state index contributed by atoms with van der Waals surface area (Å²) < 4.78 is 2.18. The van der Waals surface area contributed by atoms with Crippen LogP contribution in [0.15, 0.2) is 11.8 Å². The second-order valence-electron chi connectivity index (χ2n) is 3.85. The predicted octanol–water partition coefficient (Wildman–Crippen LogP) is 2.11. The van der Waals surface area contributed by atoms with Crippen molar-refractivity contribution in [3.8, 4) is 0 Å². The first-order valence-electron chi connectivity index (χ1n) is 3.90. The second kappa shape index (κ2) is 4.14. The summed E-state index contributed by atoms with van der Waals surface area (Å²) in [5.74, 6) is 0. The molecule has 12 heavy (non-hydrogen) atoms. The van der Waals surface area contributed by atoms with E-state index in [4.69, 9.17) is 0 Å². The quantitative estimate of drug-likeness (QED) is 0.431. The van der Waals surface area contributed by atoms with E-state index >= 15 is 0 Å². The lowest BCUT2D eigenvalue weighted by atomic mass is 10.4. The maximum Gasteiger partial charge on any atom is 0.210 e. The Morgan fingerprint density at radius 2 is 1.83 bits per heavy atom. The van der Waals surface area contributed by atoms with Crippen LogP contribution in [-0.2, 0) is 4.79 Å². The summed E-state index contributed by atoms with van der Waals surface area (Å²) in [5, 5.41) is -0.183. The molecule has 0 aromatic rings. The van der Waals surface area contributed by atoms with Crippen LogP contribution in [0.25, 0.3) is 0 Å². The van der Waals surface area contributed by atoms with E-state index in [1.54, 1.807) is 6.08 Å². The van der Waals surface area contributed by atoms with Crippen LogP contribution in [0.4, 0.5) is 0 Å². The Morgan fingerprint density at radius 1 is 1.42 bits per heavy atom. The number of allylic oxidation sites excluding steroid dienone is 1. The molecule has 0 spiro atoms. The van der Waals surface area contributed by atoms with Gasteiger partial charge in [0.2, 0.25) is 5.12 Å². The number of carbonyl (C=O) groups excluding carboxylic acids is 1. The lowest BCUT2D eigenvalue weighted by molar-refractivity contribution is -0.106. The molecule has 0 unspecified atom stereocenters. The Bertz CT molecular complexity index is 208. The van der Waals surface area contributed by atoms with Crippen molar-refractivity contribution in [3.63, 3.8) is 0 Å². The minimum atomic E-state index is -1.31. The maximum atomic E-state index is 10.7. The normalized spacial score (nSPS) is 13.0. The highest BCUT2D eigenvalue weighted by Crippen LogP contribution is 2.13. The first-order valence-corrected chi connectivity index (χ1v) is 7.79. The molecule has 70 valence electrons. The van der Waals surface area contributed by atoms with E-state index in [1.165, 1.54) is 0 Å². The zero-order valence-corrected chi connectivity index (χ0v) is 10.3. The van der Waals surface area contributed by atoms with Gasteiger partial charge in [-0.2, -0.15) is 0 Å². The zero-order chi connectivity index (χ0) is 9.94. The van der Waals surface area contributed by atoms with Crippen molar-refractivity contribution in [2.45, 2.75) is 26.6 Å². The highest BCUT2D eigenvalue weighted by Gasteiger charge is 2.20. The molecule has 0 fully saturated rings. The van der Waals surface area contributed by atoms with Gasteiger partial charge in [0.15, 0.2) is 0 Å². The highest BCUT2D eigenvalue weighted by atomic mass is 32.1. The van der Waals surface area contributed by atoms with Crippen LogP contribution in [0.2, 0.25) is 19.6 Å². The van der Waals surface area contributed by atoms with Gasteiger partial charge in [-0.1, -0.05) is 19.6 Å². The van der Waals surface area contributed by atoms with Crippen molar-refractivity contribution in [3.05, 3.63) is 11.8 Å². The van der Waals surface area contributed by atoms with Crippen LogP contribution >= 0.6 is 12.6 Å². The average Bonchev–Trinajstić information content (AvgIpc) is 1.82. The number of carbonyl (C=O) groups is 1. The topological polar surface area (TPSA) is 20.3 Å². The van der Waals surface area contributed by atoms with Crippen LogP contribution in [0.1, 0.15) is 6.92 Å². The van der Waals surface area contributed by atoms with E-state index in [0.29, 0.717) is 0 Å². The standard InChI is InChI=1S/C8H17NOSSi/c1-7(6-8(10)11)9(2)12(3,4)5/h6H,1-5H3,(H,10,11). The molecule has 0 rings (SSSR count).